The Kier molecular flexibility index (Phi) is 2.39. The van der Waals surface area contributed by atoms with E-state index in [4.69, 9.17) is 5.73 Å². The molecule has 3 heterocycles. The third-order valence-electron chi connectivity index (χ3n) is 3.83. The van der Waals surface area contributed by atoms with Gasteiger partial charge in [0.25, 0.3) is 5.91 Å². The molecule has 0 spiro atoms. The highest BCUT2D eigenvalue weighted by molar-refractivity contribution is 5.92. The maximum atomic E-state index is 12.3. The molecule has 2 aliphatic rings. The van der Waals surface area contributed by atoms with Crippen LogP contribution < -0.4 is 5.73 Å². The summed E-state index contributed by atoms with van der Waals surface area (Å²) in [5.74, 6) is 0.0116. The molecular weight excluding hydrogens is 218 g/mol. The van der Waals surface area contributed by atoms with Gasteiger partial charge in [-0.3, -0.25) is 9.48 Å². The maximum Gasteiger partial charge on any atom is 0.276 e. The predicted molar refractivity (Wildman–Crippen MR) is 61.2 cm³/mol. The largest absolute Gasteiger partial charge is 0.331 e. The molecule has 0 aromatic carbocycles. The van der Waals surface area contributed by atoms with Crippen LogP contribution in [-0.4, -0.2) is 43.9 Å². The zero-order valence-electron chi connectivity index (χ0n) is 9.91. The fourth-order valence-electron chi connectivity index (χ4n) is 3.13. The van der Waals surface area contributed by atoms with Crippen LogP contribution in [-0.2, 0) is 7.05 Å². The zero-order chi connectivity index (χ0) is 12.0. The number of carbonyl (C=O) groups is 1. The van der Waals surface area contributed by atoms with Crippen LogP contribution in [0, 0.1) is 0 Å². The van der Waals surface area contributed by atoms with Gasteiger partial charge in [-0.25, -0.2) is 0 Å². The number of piperidine rings is 1. The first-order valence-corrected chi connectivity index (χ1v) is 6.09. The number of aromatic nitrogens is 3. The first kappa shape index (κ1) is 10.7. The molecule has 0 aliphatic carbocycles. The van der Waals surface area contributed by atoms with Crippen molar-refractivity contribution in [1.29, 1.82) is 0 Å². The summed E-state index contributed by atoms with van der Waals surface area (Å²) in [4.78, 5) is 14.3. The zero-order valence-corrected chi connectivity index (χ0v) is 9.91. The molecule has 0 saturated carbocycles. The maximum absolute atomic E-state index is 12.3. The second kappa shape index (κ2) is 3.80. The van der Waals surface area contributed by atoms with E-state index in [1.54, 1.807) is 17.9 Å². The number of amides is 1. The molecule has 2 atom stereocenters. The van der Waals surface area contributed by atoms with Gasteiger partial charge in [-0.1, -0.05) is 5.21 Å². The highest BCUT2D eigenvalue weighted by Gasteiger charge is 2.43. The summed E-state index contributed by atoms with van der Waals surface area (Å²) in [7, 11) is 1.77. The van der Waals surface area contributed by atoms with Gasteiger partial charge >= 0.3 is 0 Å². The van der Waals surface area contributed by atoms with Crippen molar-refractivity contribution in [3.05, 3.63) is 11.9 Å². The van der Waals surface area contributed by atoms with E-state index in [-0.39, 0.29) is 11.9 Å². The fourth-order valence-corrected chi connectivity index (χ4v) is 3.13. The van der Waals surface area contributed by atoms with Crippen molar-refractivity contribution in [2.45, 2.75) is 43.8 Å². The van der Waals surface area contributed by atoms with Gasteiger partial charge in [-0.05, 0) is 25.7 Å². The summed E-state index contributed by atoms with van der Waals surface area (Å²) in [6.07, 6.45) is 5.66. The van der Waals surface area contributed by atoms with Crippen LogP contribution in [0.5, 0.6) is 0 Å². The van der Waals surface area contributed by atoms with E-state index in [0.717, 1.165) is 25.7 Å². The van der Waals surface area contributed by atoms with Crippen LogP contribution in [0.15, 0.2) is 6.20 Å². The lowest BCUT2D eigenvalue weighted by Crippen LogP contribution is -2.50. The van der Waals surface area contributed by atoms with Gasteiger partial charge in [-0.2, -0.15) is 0 Å². The SMILES string of the molecule is Cn1cc(C(=O)N2C3CCC2CC(N)C3)nn1. The average Bonchev–Trinajstić information content (AvgIpc) is 2.81. The van der Waals surface area contributed by atoms with Gasteiger partial charge in [-0.15, -0.1) is 5.10 Å². The lowest BCUT2D eigenvalue weighted by Gasteiger charge is -2.37. The molecule has 2 unspecified atom stereocenters. The summed E-state index contributed by atoms with van der Waals surface area (Å²) in [6, 6.07) is 0.856. The number of nitrogens with zero attached hydrogens (tertiary/aromatic N) is 4. The van der Waals surface area contributed by atoms with Crippen molar-refractivity contribution in [2.24, 2.45) is 12.8 Å². The number of rotatable bonds is 1. The molecular formula is C11H17N5O. The van der Waals surface area contributed by atoms with Gasteiger partial charge in [0.2, 0.25) is 0 Å². The van der Waals surface area contributed by atoms with E-state index in [1.807, 2.05) is 4.90 Å². The molecule has 17 heavy (non-hydrogen) atoms. The van der Waals surface area contributed by atoms with Crippen LogP contribution in [0.1, 0.15) is 36.2 Å². The van der Waals surface area contributed by atoms with Crippen molar-refractivity contribution in [3.8, 4) is 0 Å². The molecule has 1 aromatic rings. The minimum Gasteiger partial charge on any atom is -0.331 e. The Balaban J connectivity index is 1.83. The molecule has 6 nitrogen and oxygen atoms in total. The van der Waals surface area contributed by atoms with Gasteiger partial charge < -0.3 is 10.6 Å². The molecule has 2 N–H and O–H groups in total. The quantitative estimate of drug-likeness (QED) is 0.738. The van der Waals surface area contributed by atoms with Gasteiger partial charge in [0.15, 0.2) is 5.69 Å². The monoisotopic (exact) mass is 235 g/mol. The Bertz CT molecular complexity index is 429. The first-order valence-electron chi connectivity index (χ1n) is 6.09. The van der Waals surface area contributed by atoms with Crippen LogP contribution in [0.2, 0.25) is 0 Å². The van der Waals surface area contributed by atoms with E-state index in [2.05, 4.69) is 10.3 Å². The Morgan fingerprint density at radius 2 is 2.06 bits per heavy atom. The summed E-state index contributed by atoms with van der Waals surface area (Å²) in [5.41, 5.74) is 6.44. The second-order valence-electron chi connectivity index (χ2n) is 5.11. The van der Waals surface area contributed by atoms with Crippen LogP contribution in [0.4, 0.5) is 0 Å². The number of nitrogens with two attached hydrogens (primary N) is 1. The van der Waals surface area contributed by atoms with Gasteiger partial charge in [0.05, 0.1) is 6.20 Å². The minimum atomic E-state index is 0.0116. The van der Waals surface area contributed by atoms with Crippen molar-refractivity contribution in [1.82, 2.24) is 19.9 Å². The molecule has 1 amide bonds. The number of fused-ring (bicyclic) bond motifs is 2. The van der Waals surface area contributed by atoms with Gasteiger partial charge in [0, 0.05) is 25.2 Å². The molecule has 0 radical (unpaired) electrons. The molecule has 2 saturated heterocycles. The highest BCUT2D eigenvalue weighted by Crippen LogP contribution is 2.35. The molecule has 3 rings (SSSR count). The lowest BCUT2D eigenvalue weighted by atomic mass is 9.98. The summed E-state index contributed by atoms with van der Waals surface area (Å²) in [5, 5.41) is 7.71. The third kappa shape index (κ3) is 1.72. The Hall–Kier alpha value is -1.43. The summed E-state index contributed by atoms with van der Waals surface area (Å²) < 4.78 is 1.56. The van der Waals surface area contributed by atoms with Crippen molar-refractivity contribution < 1.29 is 4.79 Å². The molecule has 2 aliphatic heterocycles. The minimum absolute atomic E-state index is 0.0116. The third-order valence-corrected chi connectivity index (χ3v) is 3.83. The van der Waals surface area contributed by atoms with E-state index >= 15 is 0 Å². The Morgan fingerprint density at radius 3 is 2.59 bits per heavy atom. The molecule has 6 heteroatoms. The fraction of sp³-hybridized carbons (Fsp3) is 0.727. The van der Waals surface area contributed by atoms with Crippen molar-refractivity contribution >= 4 is 5.91 Å². The normalized spacial score (nSPS) is 31.9. The number of hydrogen-bond donors (Lipinski definition) is 1. The van der Waals surface area contributed by atoms with Crippen molar-refractivity contribution in [2.75, 3.05) is 0 Å². The molecule has 92 valence electrons. The van der Waals surface area contributed by atoms with E-state index in [0.29, 0.717) is 17.8 Å². The number of carbonyl (C=O) groups excluding carboxylic acids is 1. The van der Waals surface area contributed by atoms with Crippen LogP contribution >= 0.6 is 0 Å². The smallest absolute Gasteiger partial charge is 0.276 e. The summed E-state index contributed by atoms with van der Waals surface area (Å²) in [6.45, 7) is 0. The Labute approximate surface area is 99.8 Å². The first-order chi connectivity index (χ1) is 8.15. The number of aryl methyl sites for hydroxylation is 1. The van der Waals surface area contributed by atoms with Crippen LogP contribution in [0.25, 0.3) is 0 Å². The molecule has 2 bridgehead atoms. The average molecular weight is 235 g/mol. The second-order valence-corrected chi connectivity index (χ2v) is 5.11. The van der Waals surface area contributed by atoms with Crippen molar-refractivity contribution in [3.63, 3.8) is 0 Å². The topological polar surface area (TPSA) is 77.0 Å². The van der Waals surface area contributed by atoms with E-state index < -0.39 is 0 Å². The standard InChI is InChI=1S/C11H17N5O/c1-15-6-10(13-14-15)11(17)16-8-2-3-9(16)5-7(12)4-8/h6-9H,2-5,12H2,1H3. The van der Waals surface area contributed by atoms with Crippen LogP contribution in [0.3, 0.4) is 0 Å². The molecule has 1 aromatic heterocycles. The number of hydrogen-bond acceptors (Lipinski definition) is 4. The highest BCUT2D eigenvalue weighted by atomic mass is 16.2. The lowest BCUT2D eigenvalue weighted by molar-refractivity contribution is 0.0569. The summed E-state index contributed by atoms with van der Waals surface area (Å²) >= 11 is 0. The van der Waals surface area contributed by atoms with E-state index in [1.165, 1.54) is 0 Å². The molecule has 2 fully saturated rings. The Morgan fingerprint density at radius 1 is 1.41 bits per heavy atom. The predicted octanol–water partition coefficient (Wildman–Crippen LogP) is -0.0906. The van der Waals surface area contributed by atoms with Gasteiger partial charge in [0.1, 0.15) is 0 Å². The van der Waals surface area contributed by atoms with E-state index in [9.17, 15) is 4.79 Å².